The Balaban J connectivity index is 2.27. The fraction of sp³-hybridized carbons (Fsp3) is 0.250. The normalized spacial score (nSPS) is 15.4. The molecule has 2 rings (SSSR count). The molecule has 1 aliphatic heterocycles. The van der Waals surface area contributed by atoms with Crippen molar-refractivity contribution in [2.75, 3.05) is 7.11 Å². The molecule has 0 saturated heterocycles. The van der Waals surface area contributed by atoms with E-state index in [4.69, 9.17) is 14.2 Å². The number of para-hydroxylation sites is 2. The summed E-state index contributed by atoms with van der Waals surface area (Å²) < 4.78 is 15.3. The van der Waals surface area contributed by atoms with E-state index < -0.39 is 6.48 Å². The topological polar surface area (TPSA) is 27.7 Å². The average molecular weight is 152 g/mol. The first kappa shape index (κ1) is 6.49. The zero-order chi connectivity index (χ0) is 7.68. The third kappa shape index (κ3) is 1.03. The quantitative estimate of drug-likeness (QED) is 0.608. The van der Waals surface area contributed by atoms with Crippen LogP contribution in [0.15, 0.2) is 24.3 Å². The van der Waals surface area contributed by atoms with Crippen LogP contribution in [0.3, 0.4) is 0 Å². The molecule has 0 amide bonds. The molecule has 0 N–H and O–H groups in total. The predicted molar refractivity (Wildman–Crippen MR) is 38.5 cm³/mol. The number of benzene rings is 1. The van der Waals surface area contributed by atoms with Gasteiger partial charge >= 0.3 is 6.48 Å². The van der Waals surface area contributed by atoms with E-state index in [9.17, 15) is 0 Å². The maximum absolute atomic E-state index is 5.21. The zero-order valence-corrected chi connectivity index (χ0v) is 6.11. The molecule has 1 aromatic rings. The van der Waals surface area contributed by atoms with Gasteiger partial charge in [-0.05, 0) is 12.1 Å². The fourth-order valence-electron chi connectivity index (χ4n) is 0.973. The van der Waals surface area contributed by atoms with Gasteiger partial charge in [-0.25, -0.2) is 0 Å². The van der Waals surface area contributed by atoms with Gasteiger partial charge in [-0.1, -0.05) is 12.1 Å². The Bertz CT molecular complexity index is 234. The van der Waals surface area contributed by atoms with E-state index in [2.05, 4.69) is 0 Å². The van der Waals surface area contributed by atoms with E-state index in [-0.39, 0.29) is 0 Å². The van der Waals surface area contributed by atoms with E-state index in [1.807, 2.05) is 24.3 Å². The second kappa shape index (κ2) is 2.43. The summed E-state index contributed by atoms with van der Waals surface area (Å²) in [5, 5.41) is 0. The number of methoxy groups -OCH3 is 1. The highest BCUT2D eigenvalue weighted by atomic mass is 16.9. The first-order valence-corrected chi connectivity index (χ1v) is 3.35. The lowest BCUT2D eigenvalue weighted by molar-refractivity contribution is -0.157. The number of rotatable bonds is 1. The van der Waals surface area contributed by atoms with Crippen LogP contribution >= 0.6 is 0 Å². The molecule has 0 aliphatic carbocycles. The molecule has 0 radical (unpaired) electrons. The molecule has 11 heavy (non-hydrogen) atoms. The van der Waals surface area contributed by atoms with Gasteiger partial charge in [0.2, 0.25) is 0 Å². The van der Waals surface area contributed by atoms with Crippen LogP contribution in [-0.4, -0.2) is 13.6 Å². The summed E-state index contributed by atoms with van der Waals surface area (Å²) in [5.74, 6) is 1.47. The fourth-order valence-corrected chi connectivity index (χ4v) is 0.973. The molecular formula is C8H8O3. The summed E-state index contributed by atoms with van der Waals surface area (Å²) in [6, 6.07) is 7.46. The summed E-state index contributed by atoms with van der Waals surface area (Å²) >= 11 is 0. The molecule has 1 aliphatic rings. The Morgan fingerprint density at radius 2 is 1.73 bits per heavy atom. The van der Waals surface area contributed by atoms with Crippen molar-refractivity contribution in [2.45, 2.75) is 6.48 Å². The molecule has 0 aromatic heterocycles. The highest BCUT2D eigenvalue weighted by molar-refractivity contribution is 5.41. The van der Waals surface area contributed by atoms with Gasteiger partial charge in [0.1, 0.15) is 0 Å². The van der Waals surface area contributed by atoms with Crippen LogP contribution in [0, 0.1) is 0 Å². The third-order valence-corrected chi connectivity index (χ3v) is 1.49. The van der Waals surface area contributed by atoms with Crippen LogP contribution in [0.1, 0.15) is 0 Å². The van der Waals surface area contributed by atoms with Crippen molar-refractivity contribution in [2.24, 2.45) is 0 Å². The smallest absolute Gasteiger partial charge is 0.360 e. The highest BCUT2D eigenvalue weighted by Crippen LogP contribution is 2.33. The summed E-state index contributed by atoms with van der Waals surface area (Å²) in [5.41, 5.74) is 0. The van der Waals surface area contributed by atoms with Crippen molar-refractivity contribution < 1.29 is 14.2 Å². The first-order chi connectivity index (χ1) is 5.40. The second-order valence-electron chi connectivity index (χ2n) is 2.21. The first-order valence-electron chi connectivity index (χ1n) is 3.35. The molecule has 0 unspecified atom stereocenters. The third-order valence-electron chi connectivity index (χ3n) is 1.49. The van der Waals surface area contributed by atoms with Crippen LogP contribution in [0.25, 0.3) is 0 Å². The lowest BCUT2D eigenvalue weighted by Gasteiger charge is -2.05. The molecule has 0 atom stereocenters. The zero-order valence-electron chi connectivity index (χ0n) is 6.11. The molecule has 0 spiro atoms. The van der Waals surface area contributed by atoms with Crippen molar-refractivity contribution in [1.29, 1.82) is 0 Å². The minimum Gasteiger partial charge on any atom is -0.428 e. The highest BCUT2D eigenvalue weighted by Gasteiger charge is 2.22. The minimum atomic E-state index is -0.576. The summed E-state index contributed by atoms with van der Waals surface area (Å²) in [6.45, 7) is -0.576. The van der Waals surface area contributed by atoms with Gasteiger partial charge in [-0.2, -0.15) is 0 Å². The van der Waals surface area contributed by atoms with E-state index >= 15 is 0 Å². The van der Waals surface area contributed by atoms with Crippen LogP contribution in [0.4, 0.5) is 0 Å². The Morgan fingerprint density at radius 1 is 1.18 bits per heavy atom. The standard InChI is InChI=1S/C8H8O3/c1-9-8-10-6-4-2-3-5-7(6)11-8/h2-5,8H,1H3. The molecule has 58 valence electrons. The second-order valence-corrected chi connectivity index (χ2v) is 2.21. The summed E-state index contributed by atoms with van der Waals surface area (Å²) in [7, 11) is 1.54. The SMILES string of the molecule is COC1Oc2ccccc2O1. The molecule has 0 saturated carbocycles. The molecule has 1 heterocycles. The van der Waals surface area contributed by atoms with Crippen molar-refractivity contribution >= 4 is 0 Å². The summed E-state index contributed by atoms with van der Waals surface area (Å²) in [6.07, 6.45) is 0. The predicted octanol–water partition coefficient (Wildman–Crippen LogP) is 1.39. The molecule has 0 bridgehead atoms. The molecule has 1 aromatic carbocycles. The molecule has 3 nitrogen and oxygen atoms in total. The maximum atomic E-state index is 5.21. The Hall–Kier alpha value is -1.22. The van der Waals surface area contributed by atoms with Crippen molar-refractivity contribution in [3.8, 4) is 11.5 Å². The van der Waals surface area contributed by atoms with Gasteiger partial charge in [0.25, 0.3) is 0 Å². The summed E-state index contributed by atoms with van der Waals surface area (Å²) in [4.78, 5) is 0. The van der Waals surface area contributed by atoms with Gasteiger partial charge in [-0.15, -0.1) is 0 Å². The molecular weight excluding hydrogens is 144 g/mol. The van der Waals surface area contributed by atoms with Crippen molar-refractivity contribution in [1.82, 2.24) is 0 Å². The number of hydrogen-bond acceptors (Lipinski definition) is 3. The van der Waals surface area contributed by atoms with E-state index in [0.29, 0.717) is 0 Å². The largest absolute Gasteiger partial charge is 0.428 e. The number of hydrogen-bond donors (Lipinski definition) is 0. The monoisotopic (exact) mass is 152 g/mol. The van der Waals surface area contributed by atoms with Gasteiger partial charge < -0.3 is 14.2 Å². The lowest BCUT2D eigenvalue weighted by Crippen LogP contribution is -2.19. The van der Waals surface area contributed by atoms with E-state index in [1.165, 1.54) is 7.11 Å². The van der Waals surface area contributed by atoms with Crippen LogP contribution in [0.2, 0.25) is 0 Å². The van der Waals surface area contributed by atoms with Crippen LogP contribution < -0.4 is 9.47 Å². The molecule has 0 fully saturated rings. The van der Waals surface area contributed by atoms with Gasteiger partial charge in [0.15, 0.2) is 11.5 Å². The lowest BCUT2D eigenvalue weighted by atomic mass is 10.3. The van der Waals surface area contributed by atoms with Crippen molar-refractivity contribution in [3.63, 3.8) is 0 Å². The van der Waals surface area contributed by atoms with Crippen molar-refractivity contribution in [3.05, 3.63) is 24.3 Å². The number of fused-ring (bicyclic) bond motifs is 1. The van der Waals surface area contributed by atoms with E-state index in [0.717, 1.165) is 11.5 Å². The number of ether oxygens (including phenoxy) is 3. The molecule has 3 heteroatoms. The van der Waals surface area contributed by atoms with Gasteiger partial charge in [0, 0.05) is 7.11 Å². The van der Waals surface area contributed by atoms with Gasteiger partial charge in [0.05, 0.1) is 0 Å². The maximum Gasteiger partial charge on any atom is 0.360 e. The minimum absolute atomic E-state index is 0.576. The van der Waals surface area contributed by atoms with Crippen LogP contribution in [-0.2, 0) is 4.74 Å². The average Bonchev–Trinajstić information content (AvgIpc) is 2.46. The Labute approximate surface area is 64.5 Å². The Kier molecular flexibility index (Phi) is 1.43. The Morgan fingerprint density at radius 3 is 2.18 bits per heavy atom. The van der Waals surface area contributed by atoms with E-state index in [1.54, 1.807) is 0 Å². The van der Waals surface area contributed by atoms with Gasteiger partial charge in [-0.3, -0.25) is 0 Å². The van der Waals surface area contributed by atoms with Crippen LogP contribution in [0.5, 0.6) is 11.5 Å².